The number of rotatable bonds is 4. The molecule has 0 amide bonds. The van der Waals surface area contributed by atoms with Crippen molar-refractivity contribution in [1.82, 2.24) is 3.97 Å². The van der Waals surface area contributed by atoms with Crippen molar-refractivity contribution in [2.24, 2.45) is 0 Å². The third-order valence-electron chi connectivity index (χ3n) is 4.48. The van der Waals surface area contributed by atoms with Crippen LogP contribution in [-0.4, -0.2) is 18.7 Å². The Balaban J connectivity index is 1.92. The zero-order valence-electron chi connectivity index (χ0n) is 14.3. The van der Waals surface area contributed by atoms with Crippen molar-refractivity contribution < 1.29 is 17.6 Å². The summed E-state index contributed by atoms with van der Waals surface area (Å²) in [5.41, 5.74) is 1.96. The third-order valence-corrected chi connectivity index (χ3v) is 6.46. The molecular weight excluding hydrogens is 401 g/mol. The van der Waals surface area contributed by atoms with Crippen LogP contribution in [0.1, 0.15) is 10.4 Å². The van der Waals surface area contributed by atoms with E-state index in [9.17, 15) is 17.6 Å². The van der Waals surface area contributed by atoms with Crippen molar-refractivity contribution in [2.75, 3.05) is 0 Å². The number of carbonyl (C=O) groups excluding carboxylic acids is 1. The molecule has 1 heterocycles. The van der Waals surface area contributed by atoms with Gasteiger partial charge in [0.25, 0.3) is 10.0 Å². The number of aldehydes is 1. The highest BCUT2D eigenvalue weighted by atomic mass is 35.5. The van der Waals surface area contributed by atoms with Gasteiger partial charge in [-0.3, -0.25) is 4.79 Å². The Labute approximate surface area is 165 Å². The van der Waals surface area contributed by atoms with Gasteiger partial charge in [0.05, 0.1) is 15.4 Å². The fourth-order valence-corrected chi connectivity index (χ4v) is 4.66. The SMILES string of the molecule is O=Cc1cn(S(=O)(=O)c2ccccc2)c2ccc(-c3ccc(F)c(Cl)c3)cc12. The molecule has 0 N–H and O–H groups in total. The lowest BCUT2D eigenvalue weighted by molar-refractivity contribution is 0.112. The zero-order valence-corrected chi connectivity index (χ0v) is 15.9. The first-order valence-corrected chi connectivity index (χ1v) is 10.1. The zero-order chi connectivity index (χ0) is 19.9. The molecule has 28 heavy (non-hydrogen) atoms. The van der Waals surface area contributed by atoms with Gasteiger partial charge in [-0.2, -0.15) is 0 Å². The Hall–Kier alpha value is -2.96. The van der Waals surface area contributed by atoms with Gasteiger partial charge in [0, 0.05) is 17.1 Å². The lowest BCUT2D eigenvalue weighted by Crippen LogP contribution is -2.11. The van der Waals surface area contributed by atoms with Crippen molar-refractivity contribution in [3.8, 4) is 11.1 Å². The number of aromatic nitrogens is 1. The molecule has 0 radical (unpaired) electrons. The molecule has 0 fully saturated rings. The van der Waals surface area contributed by atoms with Gasteiger partial charge in [0.1, 0.15) is 5.82 Å². The van der Waals surface area contributed by atoms with Crippen molar-refractivity contribution in [2.45, 2.75) is 4.90 Å². The minimum Gasteiger partial charge on any atom is -0.298 e. The smallest absolute Gasteiger partial charge is 0.268 e. The number of hydrogen-bond acceptors (Lipinski definition) is 3. The van der Waals surface area contributed by atoms with Crippen molar-refractivity contribution in [1.29, 1.82) is 0 Å². The average Bonchev–Trinajstić information content (AvgIpc) is 3.09. The van der Waals surface area contributed by atoms with E-state index in [1.165, 1.54) is 30.5 Å². The van der Waals surface area contributed by atoms with Crippen LogP contribution in [0.3, 0.4) is 0 Å². The summed E-state index contributed by atoms with van der Waals surface area (Å²) in [6.07, 6.45) is 1.92. The van der Waals surface area contributed by atoms with Crippen molar-refractivity contribution in [3.05, 3.63) is 89.3 Å². The van der Waals surface area contributed by atoms with Gasteiger partial charge >= 0.3 is 0 Å². The number of nitrogens with zero attached hydrogens (tertiary/aromatic N) is 1. The Morgan fingerprint density at radius 2 is 1.61 bits per heavy atom. The molecule has 7 heteroatoms. The molecule has 0 saturated carbocycles. The van der Waals surface area contributed by atoms with Gasteiger partial charge in [-0.15, -0.1) is 0 Å². The van der Waals surface area contributed by atoms with E-state index in [1.807, 2.05) is 0 Å². The molecule has 0 bridgehead atoms. The molecule has 4 nitrogen and oxygen atoms in total. The molecule has 0 unspecified atom stereocenters. The lowest BCUT2D eigenvalue weighted by Gasteiger charge is -2.08. The van der Waals surface area contributed by atoms with E-state index in [0.29, 0.717) is 28.3 Å². The van der Waals surface area contributed by atoms with Crippen LogP contribution in [0.25, 0.3) is 22.0 Å². The van der Waals surface area contributed by atoms with E-state index < -0.39 is 15.8 Å². The normalized spacial score (nSPS) is 11.6. The Kier molecular flexibility index (Phi) is 4.53. The van der Waals surface area contributed by atoms with E-state index in [-0.39, 0.29) is 15.5 Å². The summed E-state index contributed by atoms with van der Waals surface area (Å²) in [4.78, 5) is 11.7. The van der Waals surface area contributed by atoms with Crippen LogP contribution >= 0.6 is 11.6 Å². The molecule has 1 aromatic heterocycles. The van der Waals surface area contributed by atoms with Crippen LogP contribution in [0.5, 0.6) is 0 Å². The Bertz CT molecular complexity index is 1310. The predicted molar refractivity (Wildman–Crippen MR) is 107 cm³/mol. The monoisotopic (exact) mass is 413 g/mol. The molecule has 4 aromatic rings. The van der Waals surface area contributed by atoms with E-state index in [0.717, 1.165) is 3.97 Å². The second-order valence-electron chi connectivity index (χ2n) is 6.18. The molecular formula is C21H13ClFNO3S. The maximum atomic E-state index is 13.4. The van der Waals surface area contributed by atoms with Crippen molar-refractivity contribution in [3.63, 3.8) is 0 Å². The largest absolute Gasteiger partial charge is 0.298 e. The summed E-state index contributed by atoms with van der Waals surface area (Å²) in [7, 11) is -3.86. The summed E-state index contributed by atoms with van der Waals surface area (Å²) in [6.45, 7) is 0. The molecule has 4 rings (SSSR count). The maximum Gasteiger partial charge on any atom is 0.268 e. The minimum atomic E-state index is -3.86. The first-order chi connectivity index (χ1) is 13.4. The molecule has 0 aliphatic rings. The summed E-state index contributed by atoms with van der Waals surface area (Å²) >= 11 is 5.86. The first-order valence-electron chi connectivity index (χ1n) is 8.28. The lowest BCUT2D eigenvalue weighted by atomic mass is 10.0. The summed E-state index contributed by atoms with van der Waals surface area (Å²) in [5, 5.41) is 0.463. The number of carbonyl (C=O) groups is 1. The van der Waals surface area contributed by atoms with Crippen LogP contribution in [0.4, 0.5) is 4.39 Å². The predicted octanol–water partition coefficient (Wildman–Crippen LogP) is 5.15. The highest BCUT2D eigenvalue weighted by molar-refractivity contribution is 7.90. The van der Waals surface area contributed by atoms with Crippen LogP contribution in [0.15, 0.2) is 77.8 Å². The van der Waals surface area contributed by atoms with Crippen LogP contribution in [0.2, 0.25) is 5.02 Å². The standard InChI is InChI=1S/C21H13ClFNO3S/c22-19-11-15(6-8-20(19)23)14-7-9-21-18(10-14)16(13-25)12-24(21)28(26,27)17-4-2-1-3-5-17/h1-13H. The fourth-order valence-electron chi connectivity index (χ4n) is 3.08. The topological polar surface area (TPSA) is 56.1 Å². The van der Waals surface area contributed by atoms with Gasteiger partial charge in [0.2, 0.25) is 0 Å². The van der Waals surface area contributed by atoms with Crippen molar-refractivity contribution >= 4 is 38.8 Å². The van der Waals surface area contributed by atoms with Gasteiger partial charge in [-0.1, -0.05) is 41.9 Å². The van der Waals surface area contributed by atoms with Gasteiger partial charge in [0.15, 0.2) is 6.29 Å². The fraction of sp³-hybridized carbons (Fsp3) is 0. The molecule has 0 aliphatic heterocycles. The third kappa shape index (κ3) is 3.00. The molecule has 140 valence electrons. The van der Waals surface area contributed by atoms with Crippen LogP contribution in [-0.2, 0) is 10.0 Å². The van der Waals surface area contributed by atoms with E-state index >= 15 is 0 Å². The second-order valence-corrected chi connectivity index (χ2v) is 8.40. The van der Waals surface area contributed by atoms with Gasteiger partial charge < -0.3 is 0 Å². The quantitative estimate of drug-likeness (QED) is 0.435. The molecule has 0 aliphatic carbocycles. The van der Waals surface area contributed by atoms with Crippen LogP contribution < -0.4 is 0 Å². The van der Waals surface area contributed by atoms with E-state index in [2.05, 4.69) is 0 Å². The highest BCUT2D eigenvalue weighted by Gasteiger charge is 2.21. The number of benzene rings is 3. The first kappa shape index (κ1) is 18.4. The van der Waals surface area contributed by atoms with Crippen LogP contribution in [0, 0.1) is 5.82 Å². The summed E-state index contributed by atoms with van der Waals surface area (Å²) in [6, 6.07) is 17.3. The van der Waals surface area contributed by atoms with E-state index in [4.69, 9.17) is 11.6 Å². The number of halogens is 2. The highest BCUT2D eigenvalue weighted by Crippen LogP contribution is 2.31. The number of fused-ring (bicyclic) bond motifs is 1. The number of hydrogen-bond donors (Lipinski definition) is 0. The minimum absolute atomic E-state index is 0.0163. The van der Waals surface area contributed by atoms with Gasteiger partial charge in [-0.05, 0) is 47.5 Å². The summed E-state index contributed by atoms with van der Waals surface area (Å²) in [5.74, 6) is -0.528. The molecule has 0 spiro atoms. The maximum absolute atomic E-state index is 13.4. The Morgan fingerprint density at radius 1 is 0.929 bits per heavy atom. The average molecular weight is 414 g/mol. The Morgan fingerprint density at radius 3 is 2.29 bits per heavy atom. The molecule has 0 saturated heterocycles. The summed E-state index contributed by atoms with van der Waals surface area (Å²) < 4.78 is 40.5. The second kappa shape index (κ2) is 6.89. The molecule has 3 aromatic carbocycles. The molecule has 0 atom stereocenters. The van der Waals surface area contributed by atoms with Gasteiger partial charge in [-0.25, -0.2) is 16.8 Å². The van der Waals surface area contributed by atoms with E-state index in [1.54, 1.807) is 42.5 Å².